The van der Waals surface area contributed by atoms with Crippen LogP contribution in [0.1, 0.15) is 28.8 Å². The van der Waals surface area contributed by atoms with Crippen LogP contribution in [0.5, 0.6) is 0 Å². The number of carbonyl (C=O) groups is 1. The Kier molecular flexibility index (Phi) is 3.25. The van der Waals surface area contributed by atoms with E-state index in [9.17, 15) is 14.7 Å². The quantitative estimate of drug-likeness (QED) is 0.858. The SMILES string of the molecule is Cc1ccn2c(=O)c(C(=O)NCC3(CO)CC3)cnc2c1. The molecule has 1 amide bonds. The third-order valence-electron chi connectivity index (χ3n) is 4.03. The predicted molar refractivity (Wildman–Crippen MR) is 77.3 cm³/mol. The third-order valence-corrected chi connectivity index (χ3v) is 4.03. The number of aliphatic hydroxyl groups is 1. The average Bonchev–Trinajstić information content (AvgIpc) is 3.25. The topological polar surface area (TPSA) is 83.7 Å². The van der Waals surface area contributed by atoms with Crippen molar-refractivity contribution in [1.29, 1.82) is 0 Å². The average molecular weight is 287 g/mol. The first-order valence-electron chi connectivity index (χ1n) is 6.92. The number of aliphatic hydroxyl groups excluding tert-OH is 1. The van der Waals surface area contributed by atoms with Gasteiger partial charge in [0, 0.05) is 24.4 Å². The molecule has 0 aliphatic heterocycles. The molecule has 0 radical (unpaired) electrons. The lowest BCUT2D eigenvalue weighted by Gasteiger charge is -2.12. The minimum Gasteiger partial charge on any atom is -0.396 e. The molecule has 110 valence electrons. The number of nitrogens with one attached hydrogen (secondary N) is 1. The van der Waals surface area contributed by atoms with Crippen LogP contribution in [0.3, 0.4) is 0 Å². The molecule has 1 saturated carbocycles. The van der Waals surface area contributed by atoms with Crippen molar-refractivity contribution in [2.45, 2.75) is 19.8 Å². The predicted octanol–water partition coefficient (Wildman–Crippen LogP) is 0.505. The van der Waals surface area contributed by atoms with Gasteiger partial charge >= 0.3 is 0 Å². The highest BCUT2D eigenvalue weighted by Crippen LogP contribution is 2.44. The van der Waals surface area contributed by atoms with Crippen molar-refractivity contribution >= 4 is 11.6 Å². The highest BCUT2D eigenvalue weighted by molar-refractivity contribution is 5.93. The van der Waals surface area contributed by atoms with Crippen LogP contribution in [0.15, 0.2) is 29.3 Å². The van der Waals surface area contributed by atoms with Gasteiger partial charge in [0.25, 0.3) is 11.5 Å². The second-order valence-electron chi connectivity index (χ2n) is 5.75. The molecular weight excluding hydrogens is 270 g/mol. The van der Waals surface area contributed by atoms with Crippen LogP contribution in [0, 0.1) is 12.3 Å². The smallest absolute Gasteiger partial charge is 0.270 e. The standard InChI is InChI=1S/C15H17N3O3/c1-10-2-5-18-12(6-10)16-7-11(14(18)21)13(20)17-8-15(9-19)3-4-15/h2,5-7,19H,3-4,8-9H2,1H3,(H,17,20). The highest BCUT2D eigenvalue weighted by atomic mass is 16.3. The Morgan fingerprint density at radius 1 is 1.52 bits per heavy atom. The van der Waals surface area contributed by atoms with Gasteiger partial charge in [0.2, 0.25) is 0 Å². The van der Waals surface area contributed by atoms with Crippen molar-refractivity contribution in [3.8, 4) is 0 Å². The number of nitrogens with zero attached hydrogens (tertiary/aromatic N) is 2. The monoisotopic (exact) mass is 287 g/mol. The summed E-state index contributed by atoms with van der Waals surface area (Å²) >= 11 is 0. The van der Waals surface area contributed by atoms with E-state index in [4.69, 9.17) is 0 Å². The van der Waals surface area contributed by atoms with Crippen LogP contribution in [0.2, 0.25) is 0 Å². The van der Waals surface area contributed by atoms with Crippen LogP contribution in [0.4, 0.5) is 0 Å². The maximum absolute atomic E-state index is 12.3. The number of hydrogen-bond donors (Lipinski definition) is 2. The molecule has 1 aliphatic carbocycles. The van der Waals surface area contributed by atoms with E-state index < -0.39 is 5.91 Å². The molecule has 2 aromatic heterocycles. The minimum absolute atomic E-state index is 0.0186. The van der Waals surface area contributed by atoms with E-state index in [0.29, 0.717) is 12.2 Å². The molecule has 2 N–H and O–H groups in total. The lowest BCUT2D eigenvalue weighted by molar-refractivity contribution is 0.0933. The molecule has 2 aromatic rings. The zero-order chi connectivity index (χ0) is 15.0. The van der Waals surface area contributed by atoms with Crippen LogP contribution in [-0.4, -0.2) is 33.6 Å². The number of rotatable bonds is 4. The van der Waals surface area contributed by atoms with Gasteiger partial charge in [-0.05, 0) is 37.5 Å². The van der Waals surface area contributed by atoms with Crippen molar-refractivity contribution in [3.63, 3.8) is 0 Å². The number of amides is 1. The van der Waals surface area contributed by atoms with E-state index in [1.165, 1.54) is 10.6 Å². The van der Waals surface area contributed by atoms with Crippen molar-refractivity contribution in [2.24, 2.45) is 5.41 Å². The van der Waals surface area contributed by atoms with Gasteiger partial charge in [-0.1, -0.05) is 0 Å². The van der Waals surface area contributed by atoms with Gasteiger partial charge in [-0.2, -0.15) is 0 Å². The number of aryl methyl sites for hydroxylation is 1. The third kappa shape index (κ3) is 2.54. The molecule has 0 atom stereocenters. The van der Waals surface area contributed by atoms with Gasteiger partial charge in [0.1, 0.15) is 11.2 Å². The maximum atomic E-state index is 12.3. The summed E-state index contributed by atoms with van der Waals surface area (Å²) in [5.41, 5.74) is 0.965. The lowest BCUT2D eigenvalue weighted by atomic mass is 10.1. The first kappa shape index (κ1) is 13.8. The molecule has 1 aliphatic rings. The number of fused-ring (bicyclic) bond motifs is 1. The number of carbonyl (C=O) groups excluding carboxylic acids is 1. The van der Waals surface area contributed by atoms with Crippen LogP contribution in [-0.2, 0) is 0 Å². The Bertz CT molecular complexity index is 762. The molecule has 21 heavy (non-hydrogen) atoms. The second kappa shape index (κ2) is 4.96. The van der Waals surface area contributed by atoms with Crippen molar-refractivity contribution in [3.05, 3.63) is 46.0 Å². The van der Waals surface area contributed by atoms with Gasteiger partial charge in [-0.3, -0.25) is 14.0 Å². The molecule has 1 fully saturated rings. The first-order chi connectivity index (χ1) is 10.0. The fourth-order valence-corrected chi connectivity index (χ4v) is 2.26. The molecule has 6 heteroatoms. The van der Waals surface area contributed by atoms with Gasteiger partial charge in [-0.15, -0.1) is 0 Å². The minimum atomic E-state index is -0.442. The van der Waals surface area contributed by atoms with E-state index in [1.54, 1.807) is 18.3 Å². The van der Waals surface area contributed by atoms with Crippen molar-refractivity contribution < 1.29 is 9.90 Å². The summed E-state index contributed by atoms with van der Waals surface area (Å²) in [6.07, 6.45) is 4.73. The normalized spacial score (nSPS) is 15.9. The molecule has 0 bridgehead atoms. The Morgan fingerprint density at radius 3 is 2.95 bits per heavy atom. The molecule has 2 heterocycles. The van der Waals surface area contributed by atoms with E-state index in [-0.39, 0.29) is 23.1 Å². The van der Waals surface area contributed by atoms with Crippen LogP contribution >= 0.6 is 0 Å². The van der Waals surface area contributed by atoms with Crippen LogP contribution in [0.25, 0.3) is 5.65 Å². The molecule has 6 nitrogen and oxygen atoms in total. The van der Waals surface area contributed by atoms with E-state index in [2.05, 4.69) is 10.3 Å². The fraction of sp³-hybridized carbons (Fsp3) is 0.400. The van der Waals surface area contributed by atoms with E-state index >= 15 is 0 Å². The summed E-state index contributed by atoms with van der Waals surface area (Å²) in [6, 6.07) is 3.58. The summed E-state index contributed by atoms with van der Waals surface area (Å²) in [5, 5.41) is 11.9. The summed E-state index contributed by atoms with van der Waals surface area (Å²) in [5.74, 6) is -0.442. The summed E-state index contributed by atoms with van der Waals surface area (Å²) in [7, 11) is 0. The van der Waals surface area contributed by atoms with Gasteiger partial charge in [0.05, 0.1) is 6.61 Å². The molecule has 3 rings (SSSR count). The fourth-order valence-electron chi connectivity index (χ4n) is 2.26. The molecule has 0 saturated heterocycles. The van der Waals surface area contributed by atoms with Crippen molar-refractivity contribution in [2.75, 3.05) is 13.2 Å². The zero-order valence-corrected chi connectivity index (χ0v) is 11.8. The highest BCUT2D eigenvalue weighted by Gasteiger charge is 2.42. The molecule has 0 spiro atoms. The Hall–Kier alpha value is -2.21. The second-order valence-corrected chi connectivity index (χ2v) is 5.75. The number of pyridine rings is 1. The zero-order valence-electron chi connectivity index (χ0n) is 11.8. The van der Waals surface area contributed by atoms with Crippen molar-refractivity contribution in [1.82, 2.24) is 14.7 Å². The molecule has 0 aromatic carbocycles. The Morgan fingerprint density at radius 2 is 2.29 bits per heavy atom. The van der Waals surface area contributed by atoms with E-state index in [0.717, 1.165) is 18.4 Å². The Balaban J connectivity index is 1.86. The summed E-state index contributed by atoms with van der Waals surface area (Å²) in [6.45, 7) is 2.36. The van der Waals surface area contributed by atoms with Gasteiger partial charge in [-0.25, -0.2) is 4.98 Å². The molecular formula is C15H17N3O3. The summed E-state index contributed by atoms with van der Waals surface area (Å²) in [4.78, 5) is 28.6. The first-order valence-corrected chi connectivity index (χ1v) is 6.92. The molecule has 0 unspecified atom stereocenters. The van der Waals surface area contributed by atoms with E-state index in [1.807, 2.05) is 6.92 Å². The lowest BCUT2D eigenvalue weighted by Crippen LogP contribution is -2.36. The van der Waals surface area contributed by atoms with Gasteiger partial charge < -0.3 is 10.4 Å². The number of aromatic nitrogens is 2. The van der Waals surface area contributed by atoms with Gasteiger partial charge in [0.15, 0.2) is 0 Å². The number of hydrogen-bond acceptors (Lipinski definition) is 4. The van der Waals surface area contributed by atoms with Crippen LogP contribution < -0.4 is 10.9 Å². The Labute approximate surface area is 121 Å². The maximum Gasteiger partial charge on any atom is 0.270 e. The summed E-state index contributed by atoms with van der Waals surface area (Å²) < 4.78 is 1.36. The largest absolute Gasteiger partial charge is 0.396 e.